The Morgan fingerprint density at radius 3 is 1.27 bits per heavy atom. The topological polar surface area (TPSA) is 6.48 Å². The van der Waals surface area contributed by atoms with Crippen LogP contribution in [-0.2, 0) is 0 Å². The molecular weight excluding hydrogens is 316 g/mol. The lowest BCUT2D eigenvalue weighted by atomic mass is 10.1. The first-order chi connectivity index (χ1) is 12.7. The van der Waals surface area contributed by atoms with E-state index < -0.39 is 0 Å². The first kappa shape index (κ1) is 23.4. The van der Waals surface area contributed by atoms with Crippen LogP contribution in [-0.4, -0.2) is 29.1 Å². The Morgan fingerprint density at radius 1 is 0.577 bits per heavy atom. The van der Waals surface area contributed by atoms with Crippen LogP contribution in [0.1, 0.15) is 118 Å². The van der Waals surface area contributed by atoms with Crippen LogP contribution in [0.3, 0.4) is 0 Å². The van der Waals surface area contributed by atoms with Gasteiger partial charge in [-0.15, -0.1) is 0 Å². The van der Waals surface area contributed by atoms with E-state index in [4.69, 9.17) is 0 Å². The molecule has 0 aromatic rings. The van der Waals surface area contributed by atoms with Crippen molar-refractivity contribution >= 4 is 0 Å². The molecule has 0 saturated heterocycles. The predicted octanol–water partition coefficient (Wildman–Crippen LogP) is 7.56. The minimum absolute atomic E-state index is 0.593. The monoisotopic (exact) mass is 364 g/mol. The van der Waals surface area contributed by atoms with E-state index in [1.54, 1.807) is 0 Å². The molecule has 0 spiro atoms. The largest absolute Gasteiger partial charge is 0.356 e. The van der Waals surface area contributed by atoms with Crippen molar-refractivity contribution in [2.45, 2.75) is 124 Å². The van der Waals surface area contributed by atoms with Crippen LogP contribution in [0.2, 0.25) is 0 Å². The summed E-state index contributed by atoms with van der Waals surface area (Å²) in [7, 11) is 0. The molecule has 0 aromatic carbocycles. The Morgan fingerprint density at radius 2 is 0.923 bits per heavy atom. The molecule has 1 heterocycles. The summed E-state index contributed by atoms with van der Waals surface area (Å²) < 4.78 is 0. The summed E-state index contributed by atoms with van der Waals surface area (Å²) in [6, 6.07) is 0. The molecule has 1 atom stereocenters. The Balaban J connectivity index is 2.16. The summed E-state index contributed by atoms with van der Waals surface area (Å²) in [5.74, 6) is 0.694. The van der Waals surface area contributed by atoms with E-state index in [0.717, 1.165) is 0 Å². The lowest BCUT2D eigenvalue weighted by molar-refractivity contribution is 0.104. The van der Waals surface area contributed by atoms with Crippen LogP contribution in [0, 0.1) is 5.92 Å². The van der Waals surface area contributed by atoms with Gasteiger partial charge in [0.25, 0.3) is 0 Å². The molecule has 0 bridgehead atoms. The van der Waals surface area contributed by atoms with Crippen molar-refractivity contribution in [2.24, 2.45) is 5.92 Å². The Labute approximate surface area is 165 Å². The van der Waals surface area contributed by atoms with E-state index in [-0.39, 0.29) is 0 Å². The highest BCUT2D eigenvalue weighted by atomic mass is 15.4. The number of hydrogen-bond donors (Lipinski definition) is 0. The highest BCUT2D eigenvalue weighted by Crippen LogP contribution is 2.24. The van der Waals surface area contributed by atoms with Gasteiger partial charge in [0.05, 0.1) is 0 Å². The zero-order chi connectivity index (χ0) is 19.0. The van der Waals surface area contributed by atoms with Crippen molar-refractivity contribution in [1.29, 1.82) is 0 Å². The maximum absolute atomic E-state index is 2.61. The van der Waals surface area contributed by atoms with Gasteiger partial charge in [0.1, 0.15) is 6.17 Å². The van der Waals surface area contributed by atoms with E-state index in [2.05, 4.69) is 49.9 Å². The molecule has 1 aliphatic heterocycles. The van der Waals surface area contributed by atoms with Gasteiger partial charge in [-0.2, -0.15) is 0 Å². The van der Waals surface area contributed by atoms with Gasteiger partial charge in [-0.05, 0) is 18.8 Å². The molecule has 0 aliphatic carbocycles. The summed E-state index contributed by atoms with van der Waals surface area (Å²) in [6.07, 6.45) is 24.9. The van der Waals surface area contributed by atoms with Crippen molar-refractivity contribution in [1.82, 2.24) is 9.80 Å². The molecule has 2 heteroatoms. The number of rotatable bonds is 17. The quantitative estimate of drug-likeness (QED) is 0.246. The average Bonchev–Trinajstić information content (AvgIpc) is 3.03. The average molecular weight is 365 g/mol. The van der Waals surface area contributed by atoms with Gasteiger partial charge in [-0.25, -0.2) is 0 Å². The normalized spacial score (nSPS) is 17.0. The maximum Gasteiger partial charge on any atom is 0.103 e. The lowest BCUT2D eigenvalue weighted by Crippen LogP contribution is -2.43. The molecule has 1 unspecified atom stereocenters. The Kier molecular flexibility index (Phi) is 13.9. The fraction of sp³-hybridized carbons (Fsp3) is 0.917. The zero-order valence-electron chi connectivity index (χ0n) is 18.5. The fourth-order valence-electron chi connectivity index (χ4n) is 4.22. The van der Waals surface area contributed by atoms with Crippen molar-refractivity contribution < 1.29 is 0 Å². The first-order valence-electron chi connectivity index (χ1n) is 11.9. The van der Waals surface area contributed by atoms with Crippen molar-refractivity contribution in [3.8, 4) is 0 Å². The minimum Gasteiger partial charge on any atom is -0.356 e. The molecule has 1 rings (SSSR count). The van der Waals surface area contributed by atoms with Crippen LogP contribution in [0.4, 0.5) is 0 Å². The van der Waals surface area contributed by atoms with Crippen LogP contribution in [0.25, 0.3) is 0 Å². The molecular formula is C24H48N2. The summed E-state index contributed by atoms with van der Waals surface area (Å²) in [6.45, 7) is 11.8. The molecule has 0 radical (unpaired) electrons. The van der Waals surface area contributed by atoms with E-state index >= 15 is 0 Å². The molecule has 2 nitrogen and oxygen atoms in total. The van der Waals surface area contributed by atoms with Crippen molar-refractivity contribution in [3.05, 3.63) is 12.4 Å². The first-order valence-corrected chi connectivity index (χ1v) is 11.9. The Bertz CT molecular complexity index is 337. The third-order valence-electron chi connectivity index (χ3n) is 5.77. The number of nitrogens with zero attached hydrogens (tertiary/aromatic N) is 2. The second kappa shape index (κ2) is 15.4. The van der Waals surface area contributed by atoms with Crippen LogP contribution >= 0.6 is 0 Å². The van der Waals surface area contributed by atoms with E-state index in [1.807, 2.05) is 0 Å². The molecule has 1 aliphatic rings. The SMILES string of the molecule is CCCCCCCCCCN1C=CN(CCCCCCCC)C1C(C)C. The second-order valence-corrected chi connectivity index (χ2v) is 8.67. The molecule has 0 fully saturated rings. The summed E-state index contributed by atoms with van der Waals surface area (Å²) in [4.78, 5) is 5.22. The third-order valence-corrected chi connectivity index (χ3v) is 5.77. The second-order valence-electron chi connectivity index (χ2n) is 8.67. The summed E-state index contributed by atoms with van der Waals surface area (Å²) in [5, 5.41) is 0. The minimum atomic E-state index is 0.593. The zero-order valence-corrected chi connectivity index (χ0v) is 18.5. The van der Waals surface area contributed by atoms with Gasteiger partial charge in [-0.3, -0.25) is 0 Å². The number of hydrogen-bond acceptors (Lipinski definition) is 2. The van der Waals surface area contributed by atoms with Gasteiger partial charge in [0, 0.05) is 25.5 Å². The lowest BCUT2D eigenvalue weighted by Gasteiger charge is -2.36. The molecule has 0 aromatic heterocycles. The molecule has 0 amide bonds. The van der Waals surface area contributed by atoms with E-state index in [0.29, 0.717) is 12.1 Å². The van der Waals surface area contributed by atoms with E-state index in [1.165, 1.54) is 103 Å². The van der Waals surface area contributed by atoms with Gasteiger partial charge in [0.2, 0.25) is 0 Å². The number of unbranched alkanes of at least 4 members (excludes halogenated alkanes) is 12. The van der Waals surface area contributed by atoms with Gasteiger partial charge >= 0.3 is 0 Å². The van der Waals surface area contributed by atoms with Crippen molar-refractivity contribution in [2.75, 3.05) is 13.1 Å². The highest BCUT2D eigenvalue weighted by Gasteiger charge is 2.28. The Hall–Kier alpha value is -0.660. The van der Waals surface area contributed by atoms with Crippen LogP contribution in [0.5, 0.6) is 0 Å². The maximum atomic E-state index is 2.61. The third kappa shape index (κ3) is 9.88. The smallest absolute Gasteiger partial charge is 0.103 e. The molecule has 0 saturated carbocycles. The van der Waals surface area contributed by atoms with Gasteiger partial charge in [0.15, 0.2) is 0 Å². The van der Waals surface area contributed by atoms with Gasteiger partial charge < -0.3 is 9.80 Å². The predicted molar refractivity (Wildman–Crippen MR) is 117 cm³/mol. The van der Waals surface area contributed by atoms with Crippen molar-refractivity contribution in [3.63, 3.8) is 0 Å². The molecule has 154 valence electrons. The standard InChI is InChI=1S/C24H48N2/c1-5-7-9-11-13-14-16-18-20-26-22-21-25(24(26)23(3)4)19-17-15-12-10-8-6-2/h21-24H,5-20H2,1-4H3. The van der Waals surface area contributed by atoms with Crippen LogP contribution in [0.15, 0.2) is 12.4 Å². The van der Waals surface area contributed by atoms with E-state index in [9.17, 15) is 0 Å². The molecule has 26 heavy (non-hydrogen) atoms. The summed E-state index contributed by atoms with van der Waals surface area (Å²) in [5.41, 5.74) is 0. The van der Waals surface area contributed by atoms with Crippen LogP contribution < -0.4 is 0 Å². The fourth-order valence-corrected chi connectivity index (χ4v) is 4.22. The molecule has 0 N–H and O–H groups in total. The summed E-state index contributed by atoms with van der Waals surface area (Å²) >= 11 is 0. The van der Waals surface area contributed by atoms with Gasteiger partial charge in [-0.1, -0.05) is 105 Å². The highest BCUT2D eigenvalue weighted by molar-refractivity contribution is 4.98.